The SMILES string of the molecule is Cc1ncc(CC2(C(C)C)CNC2)s1. The van der Waals surface area contributed by atoms with Gasteiger partial charge in [0.15, 0.2) is 0 Å². The van der Waals surface area contributed by atoms with Gasteiger partial charge in [0.2, 0.25) is 0 Å². The van der Waals surface area contributed by atoms with Gasteiger partial charge in [0, 0.05) is 29.6 Å². The maximum Gasteiger partial charge on any atom is 0.0896 e. The van der Waals surface area contributed by atoms with Crippen molar-refractivity contribution in [2.24, 2.45) is 11.3 Å². The number of thiazole rings is 1. The second-order valence-electron chi connectivity index (χ2n) is 4.64. The van der Waals surface area contributed by atoms with Gasteiger partial charge in [-0.25, -0.2) is 4.98 Å². The van der Waals surface area contributed by atoms with Gasteiger partial charge in [-0.3, -0.25) is 0 Å². The number of hydrogen-bond acceptors (Lipinski definition) is 3. The van der Waals surface area contributed by atoms with Crippen LogP contribution in [-0.4, -0.2) is 18.1 Å². The lowest BCUT2D eigenvalue weighted by atomic mass is 9.69. The molecule has 0 spiro atoms. The van der Waals surface area contributed by atoms with Gasteiger partial charge < -0.3 is 5.32 Å². The number of hydrogen-bond donors (Lipinski definition) is 1. The first kappa shape index (κ1) is 10.1. The Balaban J connectivity index is 2.08. The Morgan fingerprint density at radius 3 is 2.64 bits per heavy atom. The molecule has 0 unspecified atom stereocenters. The van der Waals surface area contributed by atoms with Crippen LogP contribution in [0, 0.1) is 18.3 Å². The topological polar surface area (TPSA) is 24.9 Å². The fourth-order valence-corrected chi connectivity index (χ4v) is 2.97. The molecular weight excluding hydrogens is 192 g/mol. The van der Waals surface area contributed by atoms with E-state index in [-0.39, 0.29) is 0 Å². The molecule has 0 saturated carbocycles. The summed E-state index contributed by atoms with van der Waals surface area (Å²) in [6, 6.07) is 0. The molecular formula is C11H18N2S. The zero-order valence-electron chi connectivity index (χ0n) is 9.13. The Morgan fingerprint density at radius 2 is 2.29 bits per heavy atom. The van der Waals surface area contributed by atoms with Crippen molar-refractivity contribution >= 4 is 11.3 Å². The number of aromatic nitrogens is 1. The van der Waals surface area contributed by atoms with E-state index in [0.717, 1.165) is 5.92 Å². The van der Waals surface area contributed by atoms with Crippen molar-refractivity contribution < 1.29 is 0 Å². The zero-order chi connectivity index (χ0) is 10.2. The first-order valence-electron chi connectivity index (χ1n) is 5.24. The highest BCUT2D eigenvalue weighted by molar-refractivity contribution is 7.11. The van der Waals surface area contributed by atoms with E-state index in [1.807, 2.05) is 17.5 Å². The Labute approximate surface area is 89.8 Å². The first-order valence-corrected chi connectivity index (χ1v) is 6.06. The highest BCUT2D eigenvalue weighted by Gasteiger charge is 2.40. The largest absolute Gasteiger partial charge is 0.315 e. The zero-order valence-corrected chi connectivity index (χ0v) is 9.95. The molecule has 1 fully saturated rings. The number of aryl methyl sites for hydroxylation is 1. The van der Waals surface area contributed by atoms with Gasteiger partial charge in [-0.1, -0.05) is 13.8 Å². The smallest absolute Gasteiger partial charge is 0.0896 e. The normalized spacial score (nSPS) is 19.7. The maximum atomic E-state index is 4.32. The third-order valence-electron chi connectivity index (χ3n) is 3.37. The molecule has 0 aromatic carbocycles. The van der Waals surface area contributed by atoms with Crippen molar-refractivity contribution in [1.29, 1.82) is 0 Å². The minimum absolute atomic E-state index is 0.499. The average molecular weight is 210 g/mol. The highest BCUT2D eigenvalue weighted by atomic mass is 32.1. The van der Waals surface area contributed by atoms with Crippen molar-refractivity contribution in [3.8, 4) is 0 Å². The lowest BCUT2D eigenvalue weighted by molar-refractivity contribution is 0.100. The number of rotatable bonds is 3. The van der Waals surface area contributed by atoms with E-state index in [0.29, 0.717) is 5.41 Å². The molecule has 0 bridgehead atoms. The predicted octanol–water partition coefficient (Wildman–Crippen LogP) is 2.24. The van der Waals surface area contributed by atoms with Gasteiger partial charge in [-0.05, 0) is 19.3 Å². The van der Waals surface area contributed by atoms with E-state index in [1.54, 1.807) is 0 Å². The van der Waals surface area contributed by atoms with Gasteiger partial charge >= 0.3 is 0 Å². The summed E-state index contributed by atoms with van der Waals surface area (Å²) in [5.41, 5.74) is 0.499. The van der Waals surface area contributed by atoms with Crippen molar-refractivity contribution in [3.05, 3.63) is 16.1 Å². The minimum atomic E-state index is 0.499. The third kappa shape index (κ3) is 1.71. The highest BCUT2D eigenvalue weighted by Crippen LogP contribution is 2.36. The quantitative estimate of drug-likeness (QED) is 0.827. The van der Waals surface area contributed by atoms with Crippen LogP contribution in [0.25, 0.3) is 0 Å². The van der Waals surface area contributed by atoms with E-state index in [1.165, 1.54) is 29.4 Å². The van der Waals surface area contributed by atoms with Gasteiger partial charge in [0.1, 0.15) is 0 Å². The van der Waals surface area contributed by atoms with Crippen LogP contribution >= 0.6 is 11.3 Å². The van der Waals surface area contributed by atoms with Crippen LogP contribution in [-0.2, 0) is 6.42 Å². The summed E-state index contributed by atoms with van der Waals surface area (Å²) >= 11 is 1.84. The Morgan fingerprint density at radius 1 is 1.57 bits per heavy atom. The summed E-state index contributed by atoms with van der Waals surface area (Å²) in [5, 5.41) is 4.58. The second-order valence-corrected chi connectivity index (χ2v) is 5.96. The molecule has 1 aromatic rings. The number of nitrogens with one attached hydrogen (secondary N) is 1. The summed E-state index contributed by atoms with van der Waals surface area (Å²) in [5.74, 6) is 0.756. The summed E-state index contributed by atoms with van der Waals surface area (Å²) in [4.78, 5) is 5.76. The fraction of sp³-hybridized carbons (Fsp3) is 0.727. The summed E-state index contributed by atoms with van der Waals surface area (Å²) in [6.07, 6.45) is 3.24. The Kier molecular flexibility index (Phi) is 2.62. The molecule has 1 aromatic heterocycles. The molecule has 78 valence electrons. The monoisotopic (exact) mass is 210 g/mol. The van der Waals surface area contributed by atoms with Crippen molar-refractivity contribution in [1.82, 2.24) is 10.3 Å². The molecule has 3 heteroatoms. The lowest BCUT2D eigenvalue weighted by Crippen LogP contribution is -2.57. The molecule has 1 saturated heterocycles. The Hall–Kier alpha value is -0.410. The first-order chi connectivity index (χ1) is 6.62. The van der Waals surface area contributed by atoms with Crippen LogP contribution < -0.4 is 5.32 Å². The van der Waals surface area contributed by atoms with E-state index in [4.69, 9.17) is 0 Å². The van der Waals surface area contributed by atoms with Gasteiger partial charge in [-0.15, -0.1) is 11.3 Å². The van der Waals surface area contributed by atoms with Crippen LogP contribution in [0.2, 0.25) is 0 Å². The standard InChI is InChI=1S/C11H18N2S/c1-8(2)11(6-12-7-11)4-10-5-13-9(3)14-10/h5,8,12H,4,6-7H2,1-3H3. The molecule has 1 N–H and O–H groups in total. The molecule has 0 aliphatic carbocycles. The fourth-order valence-electron chi connectivity index (χ4n) is 2.02. The summed E-state index contributed by atoms with van der Waals surface area (Å²) < 4.78 is 0. The van der Waals surface area contributed by atoms with Crippen molar-refractivity contribution in [2.75, 3.05) is 13.1 Å². The van der Waals surface area contributed by atoms with Crippen molar-refractivity contribution in [3.63, 3.8) is 0 Å². The van der Waals surface area contributed by atoms with E-state index >= 15 is 0 Å². The molecule has 2 rings (SSSR count). The molecule has 0 amide bonds. The minimum Gasteiger partial charge on any atom is -0.315 e. The van der Waals surface area contributed by atoms with Crippen LogP contribution in [0.1, 0.15) is 23.7 Å². The molecule has 2 heterocycles. The molecule has 2 nitrogen and oxygen atoms in total. The predicted molar refractivity (Wildman–Crippen MR) is 60.7 cm³/mol. The summed E-state index contributed by atoms with van der Waals surface area (Å²) in [6.45, 7) is 9.07. The van der Waals surface area contributed by atoms with Gasteiger partial charge in [0.25, 0.3) is 0 Å². The van der Waals surface area contributed by atoms with Crippen molar-refractivity contribution in [2.45, 2.75) is 27.2 Å². The van der Waals surface area contributed by atoms with Crippen LogP contribution in [0.15, 0.2) is 6.20 Å². The lowest BCUT2D eigenvalue weighted by Gasteiger charge is -2.46. The van der Waals surface area contributed by atoms with E-state index in [2.05, 4.69) is 31.1 Å². The van der Waals surface area contributed by atoms with E-state index in [9.17, 15) is 0 Å². The van der Waals surface area contributed by atoms with E-state index < -0.39 is 0 Å². The molecule has 1 aliphatic heterocycles. The summed E-state index contributed by atoms with van der Waals surface area (Å²) in [7, 11) is 0. The Bertz CT molecular complexity index is 313. The third-order valence-corrected chi connectivity index (χ3v) is 4.29. The van der Waals surface area contributed by atoms with Gasteiger partial charge in [-0.2, -0.15) is 0 Å². The van der Waals surface area contributed by atoms with Crippen LogP contribution in [0.3, 0.4) is 0 Å². The molecule has 0 radical (unpaired) electrons. The molecule has 0 atom stereocenters. The van der Waals surface area contributed by atoms with Gasteiger partial charge in [0.05, 0.1) is 5.01 Å². The van der Waals surface area contributed by atoms with Crippen LogP contribution in [0.4, 0.5) is 0 Å². The second kappa shape index (κ2) is 3.63. The number of nitrogens with zero attached hydrogens (tertiary/aromatic N) is 1. The average Bonchev–Trinajstić information content (AvgIpc) is 2.43. The maximum absolute atomic E-state index is 4.32. The van der Waals surface area contributed by atoms with Crippen LogP contribution in [0.5, 0.6) is 0 Å². The molecule has 1 aliphatic rings. The molecule has 14 heavy (non-hydrogen) atoms.